The first-order chi connectivity index (χ1) is 18.1. The Bertz CT molecular complexity index is 1530. The highest BCUT2D eigenvalue weighted by molar-refractivity contribution is 7.99. The molecule has 0 unspecified atom stereocenters. The molecule has 0 saturated heterocycles. The van der Waals surface area contributed by atoms with Crippen LogP contribution in [0.25, 0.3) is 28.2 Å². The van der Waals surface area contributed by atoms with E-state index in [0.717, 1.165) is 33.8 Å². The summed E-state index contributed by atoms with van der Waals surface area (Å²) >= 11 is 1.35. The molecule has 0 bridgehead atoms. The summed E-state index contributed by atoms with van der Waals surface area (Å²) in [6.07, 6.45) is 0.678. The summed E-state index contributed by atoms with van der Waals surface area (Å²) in [7, 11) is 0. The molecular weight excluding hydrogens is 509 g/mol. The van der Waals surface area contributed by atoms with Crippen molar-refractivity contribution in [1.82, 2.24) is 19.7 Å². The van der Waals surface area contributed by atoms with Gasteiger partial charge in [0.2, 0.25) is 0 Å². The van der Waals surface area contributed by atoms with Crippen LogP contribution in [0, 0.1) is 0 Å². The summed E-state index contributed by atoms with van der Waals surface area (Å²) < 4.78 is 40.8. The van der Waals surface area contributed by atoms with Crippen molar-refractivity contribution in [2.24, 2.45) is 0 Å². The summed E-state index contributed by atoms with van der Waals surface area (Å²) in [5.74, 6) is 0. The minimum atomic E-state index is -4.38. The van der Waals surface area contributed by atoms with E-state index >= 15 is 0 Å². The van der Waals surface area contributed by atoms with Gasteiger partial charge in [0.25, 0.3) is 0 Å². The topological polar surface area (TPSA) is 63.8 Å². The summed E-state index contributed by atoms with van der Waals surface area (Å²) in [6.45, 7) is 3.31. The zero-order chi connectivity index (χ0) is 26.9. The van der Waals surface area contributed by atoms with E-state index in [0.29, 0.717) is 22.0 Å². The normalized spacial score (nSPS) is 12.1. The van der Waals surface area contributed by atoms with E-state index in [1.54, 1.807) is 30.9 Å². The van der Waals surface area contributed by atoms with Gasteiger partial charge in [-0.15, -0.1) is 0 Å². The van der Waals surface area contributed by atoms with Crippen LogP contribution in [0.5, 0.6) is 0 Å². The predicted molar refractivity (Wildman–Crippen MR) is 141 cm³/mol. The highest BCUT2D eigenvalue weighted by Gasteiger charge is 2.30. The minimum absolute atomic E-state index is 0.481. The van der Waals surface area contributed by atoms with Crippen molar-refractivity contribution in [3.05, 3.63) is 109 Å². The first-order valence-corrected chi connectivity index (χ1v) is 12.6. The van der Waals surface area contributed by atoms with Crippen LogP contribution in [0.3, 0.4) is 0 Å². The molecule has 0 fully saturated rings. The van der Waals surface area contributed by atoms with Crippen LogP contribution in [0.4, 0.5) is 13.2 Å². The Morgan fingerprint density at radius 3 is 2.03 bits per heavy atom. The second-order valence-corrected chi connectivity index (χ2v) is 10.3. The lowest BCUT2D eigenvalue weighted by molar-refractivity contribution is -0.137. The van der Waals surface area contributed by atoms with E-state index in [9.17, 15) is 18.3 Å². The predicted octanol–water partition coefficient (Wildman–Crippen LogP) is 7.39. The van der Waals surface area contributed by atoms with E-state index in [4.69, 9.17) is 5.10 Å². The molecule has 3 aromatic carbocycles. The lowest BCUT2D eigenvalue weighted by Gasteiger charge is -2.15. The number of halogens is 3. The average molecular weight is 533 g/mol. The van der Waals surface area contributed by atoms with Crippen molar-refractivity contribution in [3.8, 4) is 28.2 Å². The third kappa shape index (κ3) is 5.64. The van der Waals surface area contributed by atoms with Crippen molar-refractivity contribution < 1.29 is 18.3 Å². The van der Waals surface area contributed by atoms with Gasteiger partial charge in [-0.1, -0.05) is 54.2 Å². The van der Waals surface area contributed by atoms with E-state index in [1.165, 1.54) is 23.9 Å². The number of aromatic nitrogens is 4. The van der Waals surface area contributed by atoms with Crippen molar-refractivity contribution in [2.45, 2.75) is 35.4 Å². The van der Waals surface area contributed by atoms with E-state index in [-0.39, 0.29) is 0 Å². The highest BCUT2D eigenvalue weighted by Crippen LogP contribution is 2.38. The number of nitrogens with zero attached hydrogens (tertiary/aromatic N) is 4. The van der Waals surface area contributed by atoms with Crippen molar-refractivity contribution in [3.63, 3.8) is 0 Å². The largest absolute Gasteiger partial charge is 0.416 e. The summed E-state index contributed by atoms with van der Waals surface area (Å²) in [5, 5.41) is 14.9. The molecule has 2 heterocycles. The lowest BCUT2D eigenvalue weighted by Crippen LogP contribution is -2.17. The Kier molecular flexibility index (Phi) is 6.81. The highest BCUT2D eigenvalue weighted by atomic mass is 32.2. The monoisotopic (exact) mass is 532 g/mol. The SMILES string of the molecule is CC(C)(O)c1cnc(-c2ccc(-c3nn(-c4ccccc4)cc3Sc3ccc(C(F)(F)F)cc3)cc2)cn1. The second-order valence-electron chi connectivity index (χ2n) is 9.17. The maximum atomic E-state index is 13.0. The van der Waals surface area contributed by atoms with Crippen molar-refractivity contribution in [1.29, 1.82) is 0 Å². The third-order valence-corrected chi connectivity index (χ3v) is 6.87. The van der Waals surface area contributed by atoms with E-state index in [2.05, 4.69) is 9.97 Å². The van der Waals surface area contributed by atoms with E-state index in [1.807, 2.05) is 60.8 Å². The molecule has 5 nitrogen and oxygen atoms in total. The number of aliphatic hydroxyl groups is 1. The van der Waals surface area contributed by atoms with Gasteiger partial charge < -0.3 is 5.11 Å². The standard InChI is InChI=1S/C29H23F3N4OS/c1-28(2,37)26-17-33-24(16-34-26)19-8-10-20(11-9-19)27-25(18-36(35-27)22-6-4-3-5-7-22)38-23-14-12-21(13-15-23)29(30,31)32/h3-18,37H,1-2H3. The van der Waals surface area contributed by atoms with Crippen LogP contribution >= 0.6 is 11.8 Å². The van der Waals surface area contributed by atoms with Gasteiger partial charge >= 0.3 is 6.18 Å². The maximum absolute atomic E-state index is 13.0. The van der Waals surface area contributed by atoms with Gasteiger partial charge in [-0.05, 0) is 50.2 Å². The summed E-state index contributed by atoms with van der Waals surface area (Å²) in [5.41, 5.74) is 2.65. The zero-order valence-corrected chi connectivity index (χ0v) is 21.3. The van der Waals surface area contributed by atoms with Crippen molar-refractivity contribution in [2.75, 3.05) is 0 Å². The number of benzene rings is 3. The molecule has 192 valence electrons. The molecule has 5 aromatic rings. The Hall–Kier alpha value is -3.95. The molecule has 0 atom stereocenters. The fourth-order valence-electron chi connectivity index (χ4n) is 3.78. The van der Waals surface area contributed by atoms with Gasteiger partial charge in [0.1, 0.15) is 11.3 Å². The lowest BCUT2D eigenvalue weighted by atomic mass is 10.1. The van der Waals surface area contributed by atoms with E-state index < -0.39 is 17.3 Å². The third-order valence-electron chi connectivity index (χ3n) is 5.84. The van der Waals surface area contributed by atoms with Crippen LogP contribution in [0.15, 0.2) is 107 Å². The summed E-state index contributed by atoms with van der Waals surface area (Å²) in [4.78, 5) is 10.2. The summed E-state index contributed by atoms with van der Waals surface area (Å²) in [6, 6.07) is 22.4. The van der Waals surface area contributed by atoms with Gasteiger partial charge in [-0.3, -0.25) is 9.97 Å². The maximum Gasteiger partial charge on any atom is 0.416 e. The van der Waals surface area contributed by atoms with Gasteiger partial charge in [-0.25, -0.2) is 4.68 Å². The number of hydrogen-bond donors (Lipinski definition) is 1. The Morgan fingerprint density at radius 2 is 1.45 bits per heavy atom. The molecule has 0 spiro atoms. The quantitative estimate of drug-likeness (QED) is 0.247. The molecule has 5 rings (SSSR count). The van der Waals surface area contributed by atoms with Crippen LogP contribution < -0.4 is 0 Å². The first kappa shape index (κ1) is 25.7. The van der Waals surface area contributed by atoms with Crippen LogP contribution in [0.2, 0.25) is 0 Å². The molecule has 0 saturated carbocycles. The zero-order valence-electron chi connectivity index (χ0n) is 20.5. The van der Waals surface area contributed by atoms with Gasteiger partial charge in [0, 0.05) is 22.2 Å². The fraction of sp³-hybridized carbons (Fsp3) is 0.138. The molecule has 2 aromatic heterocycles. The minimum Gasteiger partial charge on any atom is -0.384 e. The van der Waals surface area contributed by atoms with Crippen LogP contribution in [-0.2, 0) is 11.8 Å². The van der Waals surface area contributed by atoms with Gasteiger partial charge in [0.05, 0.1) is 39.9 Å². The molecule has 0 aliphatic carbocycles. The van der Waals surface area contributed by atoms with Crippen LogP contribution in [0.1, 0.15) is 25.1 Å². The Balaban J connectivity index is 1.47. The first-order valence-electron chi connectivity index (χ1n) is 11.7. The molecular formula is C29H23F3N4OS. The average Bonchev–Trinajstić information content (AvgIpc) is 3.32. The molecule has 0 radical (unpaired) electrons. The smallest absolute Gasteiger partial charge is 0.384 e. The molecule has 1 N–H and O–H groups in total. The van der Waals surface area contributed by atoms with Gasteiger partial charge in [0.15, 0.2) is 0 Å². The Labute approximate surface area is 222 Å². The molecule has 0 aliphatic heterocycles. The van der Waals surface area contributed by atoms with Crippen molar-refractivity contribution >= 4 is 11.8 Å². The Morgan fingerprint density at radius 1 is 0.789 bits per heavy atom. The molecule has 0 aliphatic rings. The molecule has 9 heteroatoms. The number of hydrogen-bond acceptors (Lipinski definition) is 5. The number of rotatable bonds is 6. The fourth-order valence-corrected chi connectivity index (χ4v) is 4.71. The second kappa shape index (κ2) is 10.1. The number of alkyl halides is 3. The molecule has 0 amide bonds. The molecule has 38 heavy (non-hydrogen) atoms. The van der Waals surface area contributed by atoms with Gasteiger partial charge in [-0.2, -0.15) is 18.3 Å². The van der Waals surface area contributed by atoms with Crippen LogP contribution in [-0.4, -0.2) is 24.9 Å². The number of para-hydroxylation sites is 1.